The number of nitrogens with two attached hydrogens (primary N) is 1. The SMILES string of the molecule is CC(C)(O)c1ccc2cnn(-c3nc(N)ncc3-c3cn[nH]c3)c2c1. The molecule has 4 aromatic rings. The van der Waals surface area contributed by atoms with E-state index in [0.29, 0.717) is 5.82 Å². The van der Waals surface area contributed by atoms with Gasteiger partial charge >= 0.3 is 0 Å². The maximum absolute atomic E-state index is 10.3. The molecule has 0 radical (unpaired) electrons. The summed E-state index contributed by atoms with van der Waals surface area (Å²) in [5, 5.41) is 22.5. The number of rotatable bonds is 3. The van der Waals surface area contributed by atoms with E-state index in [1.165, 1.54) is 0 Å². The highest BCUT2D eigenvalue weighted by Gasteiger charge is 2.19. The highest BCUT2D eigenvalue weighted by Crippen LogP contribution is 2.29. The molecule has 8 nitrogen and oxygen atoms in total. The van der Waals surface area contributed by atoms with Crippen molar-refractivity contribution in [1.29, 1.82) is 0 Å². The molecular formula is C17H17N7O. The van der Waals surface area contributed by atoms with Crippen LogP contribution in [0.25, 0.3) is 27.8 Å². The third kappa shape index (κ3) is 2.62. The molecule has 0 saturated carbocycles. The van der Waals surface area contributed by atoms with Crippen LogP contribution in [0.4, 0.5) is 5.95 Å². The molecule has 126 valence electrons. The molecule has 0 amide bonds. The number of aliphatic hydroxyl groups is 1. The van der Waals surface area contributed by atoms with Gasteiger partial charge in [0.1, 0.15) is 0 Å². The summed E-state index contributed by atoms with van der Waals surface area (Å²) in [6, 6.07) is 5.72. The monoisotopic (exact) mass is 335 g/mol. The van der Waals surface area contributed by atoms with Crippen molar-refractivity contribution >= 4 is 16.9 Å². The van der Waals surface area contributed by atoms with Gasteiger partial charge in [0.2, 0.25) is 5.95 Å². The Labute approximate surface area is 143 Å². The smallest absolute Gasteiger partial charge is 0.222 e. The van der Waals surface area contributed by atoms with E-state index in [0.717, 1.165) is 27.6 Å². The first-order valence-electron chi connectivity index (χ1n) is 7.76. The summed E-state index contributed by atoms with van der Waals surface area (Å²) in [6.07, 6.45) is 6.84. The Bertz CT molecular complexity index is 1040. The molecule has 4 rings (SSSR count). The normalized spacial score (nSPS) is 12.0. The first kappa shape index (κ1) is 15.3. The summed E-state index contributed by atoms with van der Waals surface area (Å²) < 4.78 is 1.70. The fraction of sp³-hybridized carbons (Fsp3) is 0.176. The molecule has 0 atom stereocenters. The average Bonchev–Trinajstić information content (AvgIpc) is 3.23. The van der Waals surface area contributed by atoms with Crippen molar-refractivity contribution in [2.75, 3.05) is 5.73 Å². The van der Waals surface area contributed by atoms with Crippen LogP contribution in [0.5, 0.6) is 0 Å². The zero-order valence-corrected chi connectivity index (χ0v) is 13.8. The molecule has 25 heavy (non-hydrogen) atoms. The van der Waals surface area contributed by atoms with E-state index < -0.39 is 5.60 Å². The predicted molar refractivity (Wildman–Crippen MR) is 93.9 cm³/mol. The number of aromatic amines is 1. The van der Waals surface area contributed by atoms with Gasteiger partial charge in [-0.25, -0.2) is 9.67 Å². The summed E-state index contributed by atoms with van der Waals surface area (Å²) in [6.45, 7) is 3.49. The lowest BCUT2D eigenvalue weighted by molar-refractivity contribution is 0.0787. The number of hydrogen-bond donors (Lipinski definition) is 3. The Hall–Kier alpha value is -3.26. The van der Waals surface area contributed by atoms with Crippen LogP contribution in [0.2, 0.25) is 0 Å². The van der Waals surface area contributed by atoms with Gasteiger partial charge < -0.3 is 10.8 Å². The number of fused-ring (bicyclic) bond motifs is 1. The molecule has 0 spiro atoms. The van der Waals surface area contributed by atoms with E-state index in [1.54, 1.807) is 43.3 Å². The highest BCUT2D eigenvalue weighted by atomic mass is 16.3. The van der Waals surface area contributed by atoms with Crippen LogP contribution in [0.15, 0.2) is 43.0 Å². The number of aromatic nitrogens is 6. The van der Waals surface area contributed by atoms with Crippen LogP contribution in [0, 0.1) is 0 Å². The molecule has 3 heterocycles. The second kappa shape index (κ2) is 5.38. The summed E-state index contributed by atoms with van der Waals surface area (Å²) in [5.74, 6) is 0.710. The molecule has 0 aliphatic heterocycles. The van der Waals surface area contributed by atoms with Gasteiger partial charge in [-0.3, -0.25) is 5.10 Å². The molecule has 0 aliphatic rings. The number of benzene rings is 1. The van der Waals surface area contributed by atoms with Crippen LogP contribution in [0.1, 0.15) is 19.4 Å². The van der Waals surface area contributed by atoms with Gasteiger partial charge in [0.05, 0.1) is 23.5 Å². The standard InChI is InChI=1S/C17H17N7O/c1-17(2,25)12-4-3-10-8-22-24(14(10)5-12)15-13(9-19-16(18)23-15)11-6-20-21-7-11/h3-9,25H,1-2H3,(H,20,21)(H2,18,19,23). The Morgan fingerprint density at radius 1 is 1.20 bits per heavy atom. The zero-order valence-electron chi connectivity index (χ0n) is 13.8. The van der Waals surface area contributed by atoms with E-state index in [2.05, 4.69) is 25.3 Å². The lowest BCUT2D eigenvalue weighted by Gasteiger charge is -2.18. The van der Waals surface area contributed by atoms with Crippen molar-refractivity contribution in [3.05, 3.63) is 48.5 Å². The van der Waals surface area contributed by atoms with E-state index in [9.17, 15) is 5.11 Å². The fourth-order valence-corrected chi connectivity index (χ4v) is 2.72. The van der Waals surface area contributed by atoms with Crippen molar-refractivity contribution in [3.8, 4) is 16.9 Å². The number of anilines is 1. The summed E-state index contributed by atoms with van der Waals surface area (Å²) in [7, 11) is 0. The zero-order chi connectivity index (χ0) is 17.6. The molecule has 0 saturated heterocycles. The fourth-order valence-electron chi connectivity index (χ4n) is 2.72. The second-order valence-corrected chi connectivity index (χ2v) is 6.34. The maximum Gasteiger partial charge on any atom is 0.222 e. The van der Waals surface area contributed by atoms with Crippen molar-refractivity contribution in [1.82, 2.24) is 29.9 Å². The summed E-state index contributed by atoms with van der Waals surface area (Å²) in [4.78, 5) is 8.46. The number of nitrogens with zero attached hydrogens (tertiary/aromatic N) is 5. The Balaban J connectivity index is 1.98. The van der Waals surface area contributed by atoms with Crippen molar-refractivity contribution in [2.24, 2.45) is 0 Å². The Morgan fingerprint density at radius 2 is 2.04 bits per heavy atom. The molecule has 0 fully saturated rings. The van der Waals surface area contributed by atoms with E-state index in [1.807, 2.05) is 18.2 Å². The molecule has 3 aromatic heterocycles. The molecule has 0 bridgehead atoms. The van der Waals surface area contributed by atoms with E-state index in [-0.39, 0.29) is 5.95 Å². The van der Waals surface area contributed by atoms with Crippen LogP contribution in [0.3, 0.4) is 0 Å². The van der Waals surface area contributed by atoms with Gasteiger partial charge in [0.25, 0.3) is 0 Å². The van der Waals surface area contributed by atoms with Gasteiger partial charge in [0.15, 0.2) is 5.82 Å². The van der Waals surface area contributed by atoms with Crippen molar-refractivity contribution in [2.45, 2.75) is 19.4 Å². The minimum absolute atomic E-state index is 0.157. The Kier molecular flexibility index (Phi) is 3.29. The Morgan fingerprint density at radius 3 is 2.76 bits per heavy atom. The topological polar surface area (TPSA) is 119 Å². The molecular weight excluding hydrogens is 318 g/mol. The number of hydrogen-bond acceptors (Lipinski definition) is 6. The number of nitrogens with one attached hydrogen (secondary N) is 1. The average molecular weight is 335 g/mol. The number of H-pyrrole nitrogens is 1. The summed E-state index contributed by atoms with van der Waals surface area (Å²) >= 11 is 0. The molecule has 1 aromatic carbocycles. The van der Waals surface area contributed by atoms with Gasteiger partial charge in [-0.15, -0.1) is 0 Å². The molecule has 0 aliphatic carbocycles. The van der Waals surface area contributed by atoms with E-state index in [4.69, 9.17) is 5.73 Å². The van der Waals surface area contributed by atoms with Crippen LogP contribution >= 0.6 is 0 Å². The van der Waals surface area contributed by atoms with Crippen LogP contribution in [-0.4, -0.2) is 35.1 Å². The highest BCUT2D eigenvalue weighted by molar-refractivity contribution is 5.83. The second-order valence-electron chi connectivity index (χ2n) is 6.34. The third-order valence-corrected chi connectivity index (χ3v) is 4.07. The van der Waals surface area contributed by atoms with Crippen molar-refractivity contribution in [3.63, 3.8) is 0 Å². The van der Waals surface area contributed by atoms with Crippen LogP contribution in [-0.2, 0) is 5.60 Å². The van der Waals surface area contributed by atoms with Gasteiger partial charge in [-0.2, -0.15) is 15.2 Å². The predicted octanol–water partition coefficient (Wildman–Crippen LogP) is 2.02. The lowest BCUT2D eigenvalue weighted by Crippen LogP contribution is -2.15. The number of nitrogen functional groups attached to an aromatic ring is 1. The minimum Gasteiger partial charge on any atom is -0.386 e. The first-order chi connectivity index (χ1) is 11.9. The molecule has 0 unspecified atom stereocenters. The summed E-state index contributed by atoms with van der Waals surface area (Å²) in [5.41, 5.74) is 8.04. The van der Waals surface area contributed by atoms with Crippen molar-refractivity contribution < 1.29 is 5.11 Å². The third-order valence-electron chi connectivity index (χ3n) is 4.07. The largest absolute Gasteiger partial charge is 0.386 e. The van der Waals surface area contributed by atoms with E-state index >= 15 is 0 Å². The maximum atomic E-state index is 10.3. The van der Waals surface area contributed by atoms with Gasteiger partial charge in [0, 0.05) is 28.9 Å². The molecule has 8 heteroatoms. The molecule has 4 N–H and O–H groups in total. The first-order valence-corrected chi connectivity index (χ1v) is 7.76. The van der Waals surface area contributed by atoms with Gasteiger partial charge in [-0.05, 0) is 25.5 Å². The lowest BCUT2D eigenvalue weighted by atomic mass is 9.97. The minimum atomic E-state index is -0.957. The quantitative estimate of drug-likeness (QED) is 0.527. The van der Waals surface area contributed by atoms with Crippen LogP contribution < -0.4 is 5.73 Å². The van der Waals surface area contributed by atoms with Gasteiger partial charge in [-0.1, -0.05) is 12.1 Å².